The molecule has 1 aromatic carbocycles. The van der Waals surface area contributed by atoms with Crippen molar-refractivity contribution in [1.29, 1.82) is 0 Å². The van der Waals surface area contributed by atoms with Crippen molar-refractivity contribution in [2.75, 3.05) is 0 Å². The van der Waals surface area contributed by atoms with Crippen LogP contribution in [-0.2, 0) is 0 Å². The van der Waals surface area contributed by atoms with Crippen LogP contribution in [0.5, 0.6) is 0 Å². The van der Waals surface area contributed by atoms with Gasteiger partial charge in [-0.15, -0.1) is 11.8 Å². The Hall–Kier alpha value is -0.430. The summed E-state index contributed by atoms with van der Waals surface area (Å²) in [6.45, 7) is 4.55. The lowest BCUT2D eigenvalue weighted by molar-refractivity contribution is 0.893. The van der Waals surface area contributed by atoms with Crippen LogP contribution in [0.3, 0.4) is 0 Å². The van der Waals surface area contributed by atoms with Gasteiger partial charge in [-0.2, -0.15) is 0 Å². The van der Waals surface area contributed by atoms with Gasteiger partial charge in [0.15, 0.2) is 0 Å². The topological polar surface area (TPSA) is 0 Å². The molecule has 2 unspecified atom stereocenters. The minimum atomic E-state index is 0.893. The van der Waals surface area contributed by atoms with Gasteiger partial charge in [0.25, 0.3) is 0 Å². The van der Waals surface area contributed by atoms with E-state index in [1.807, 2.05) is 0 Å². The SMILES string of the molecule is Cc1ccc2c(c1)[C@H]1C(C)C1S2. The Morgan fingerprint density at radius 2 is 2.17 bits per heavy atom. The number of benzene rings is 1. The summed E-state index contributed by atoms with van der Waals surface area (Å²) in [5.41, 5.74) is 3.03. The quantitative estimate of drug-likeness (QED) is 0.585. The van der Waals surface area contributed by atoms with Crippen molar-refractivity contribution < 1.29 is 0 Å². The highest BCUT2D eigenvalue weighted by Crippen LogP contribution is 2.64. The molecule has 62 valence electrons. The predicted octanol–water partition coefficient (Wildman–Crippen LogP) is 3.20. The third kappa shape index (κ3) is 0.752. The first kappa shape index (κ1) is 7.02. The Morgan fingerprint density at radius 3 is 3.00 bits per heavy atom. The van der Waals surface area contributed by atoms with E-state index in [1.54, 1.807) is 5.56 Å². The highest BCUT2D eigenvalue weighted by molar-refractivity contribution is 8.00. The molecule has 1 aromatic rings. The molecule has 1 heterocycles. The standard InChI is InChI=1S/C11H12S/c1-6-3-4-9-8(5-6)10-7(2)11(10)12-9/h3-5,7,10-11H,1-2H3/t7?,10-,11?/m1/s1. The van der Waals surface area contributed by atoms with Gasteiger partial charge in [-0.1, -0.05) is 24.6 Å². The van der Waals surface area contributed by atoms with Crippen molar-refractivity contribution in [3.05, 3.63) is 29.3 Å². The molecule has 0 radical (unpaired) electrons. The van der Waals surface area contributed by atoms with Crippen LogP contribution >= 0.6 is 11.8 Å². The smallest absolute Gasteiger partial charge is 0.0198 e. The number of rotatable bonds is 0. The summed E-state index contributed by atoms with van der Waals surface area (Å²) in [7, 11) is 0. The second-order valence-electron chi connectivity index (χ2n) is 4.01. The fourth-order valence-corrected chi connectivity index (χ4v) is 3.85. The number of hydrogen-bond acceptors (Lipinski definition) is 1. The highest BCUT2D eigenvalue weighted by Gasteiger charge is 2.53. The molecule has 3 atom stereocenters. The summed E-state index contributed by atoms with van der Waals surface area (Å²) >= 11 is 2.08. The van der Waals surface area contributed by atoms with Gasteiger partial charge in [0.2, 0.25) is 0 Å². The average Bonchev–Trinajstić information content (AvgIpc) is 2.55. The molecule has 1 saturated carbocycles. The maximum atomic E-state index is 2.37. The van der Waals surface area contributed by atoms with Crippen molar-refractivity contribution in [2.24, 2.45) is 5.92 Å². The first-order chi connectivity index (χ1) is 5.77. The molecule has 0 bridgehead atoms. The Balaban J connectivity index is 2.12. The van der Waals surface area contributed by atoms with Crippen molar-refractivity contribution >= 4 is 11.8 Å². The van der Waals surface area contributed by atoms with E-state index in [4.69, 9.17) is 0 Å². The lowest BCUT2D eigenvalue weighted by Crippen LogP contribution is -1.85. The summed E-state index contributed by atoms with van der Waals surface area (Å²) in [6, 6.07) is 6.88. The minimum absolute atomic E-state index is 0.893. The van der Waals surface area contributed by atoms with Gasteiger partial charge >= 0.3 is 0 Å². The summed E-state index contributed by atoms with van der Waals surface area (Å²) in [5, 5.41) is 0.918. The van der Waals surface area contributed by atoms with E-state index in [-0.39, 0.29) is 0 Å². The number of fused-ring (bicyclic) bond motifs is 3. The van der Waals surface area contributed by atoms with Gasteiger partial charge in [0.1, 0.15) is 0 Å². The predicted molar refractivity (Wildman–Crippen MR) is 52.7 cm³/mol. The van der Waals surface area contributed by atoms with Crippen LogP contribution in [0.15, 0.2) is 23.1 Å². The van der Waals surface area contributed by atoms with Crippen molar-refractivity contribution in [3.63, 3.8) is 0 Å². The number of aryl methyl sites for hydroxylation is 1. The van der Waals surface area contributed by atoms with E-state index in [1.165, 1.54) is 10.5 Å². The Morgan fingerprint density at radius 1 is 1.33 bits per heavy atom. The van der Waals surface area contributed by atoms with Gasteiger partial charge in [-0.3, -0.25) is 0 Å². The zero-order valence-electron chi connectivity index (χ0n) is 7.37. The molecule has 0 aromatic heterocycles. The van der Waals surface area contributed by atoms with E-state index in [2.05, 4.69) is 43.8 Å². The zero-order chi connectivity index (χ0) is 8.29. The summed E-state index contributed by atoms with van der Waals surface area (Å²) in [5.74, 6) is 1.83. The van der Waals surface area contributed by atoms with Gasteiger partial charge in [0.05, 0.1) is 0 Å². The highest BCUT2D eigenvalue weighted by atomic mass is 32.2. The van der Waals surface area contributed by atoms with E-state index >= 15 is 0 Å². The maximum Gasteiger partial charge on any atom is 0.0198 e. The van der Waals surface area contributed by atoms with Gasteiger partial charge < -0.3 is 0 Å². The summed E-state index contributed by atoms with van der Waals surface area (Å²) < 4.78 is 0. The van der Waals surface area contributed by atoms with E-state index in [0.717, 1.165) is 17.1 Å². The molecule has 3 rings (SSSR count). The van der Waals surface area contributed by atoms with Crippen molar-refractivity contribution in [1.82, 2.24) is 0 Å². The fourth-order valence-electron chi connectivity index (χ4n) is 2.25. The largest absolute Gasteiger partial charge is 0.121 e. The monoisotopic (exact) mass is 176 g/mol. The van der Waals surface area contributed by atoms with Crippen molar-refractivity contribution in [2.45, 2.75) is 29.9 Å². The van der Waals surface area contributed by atoms with Crippen LogP contribution in [0.4, 0.5) is 0 Å². The molecule has 1 aliphatic heterocycles. The number of thioether (sulfide) groups is 1. The second-order valence-corrected chi connectivity index (χ2v) is 5.23. The molecule has 0 spiro atoms. The Bertz CT molecular complexity index is 343. The Kier molecular flexibility index (Phi) is 1.22. The number of hydrogen-bond donors (Lipinski definition) is 0. The maximum absolute atomic E-state index is 2.37. The first-order valence-corrected chi connectivity index (χ1v) is 5.42. The van der Waals surface area contributed by atoms with Crippen LogP contribution in [0.2, 0.25) is 0 Å². The third-order valence-electron chi connectivity index (χ3n) is 3.09. The molecule has 0 nitrogen and oxygen atoms in total. The van der Waals surface area contributed by atoms with Crippen molar-refractivity contribution in [3.8, 4) is 0 Å². The molecular formula is C11H12S. The van der Waals surface area contributed by atoms with Gasteiger partial charge in [-0.25, -0.2) is 0 Å². The van der Waals surface area contributed by atoms with Crippen LogP contribution in [-0.4, -0.2) is 5.25 Å². The molecule has 2 aliphatic rings. The van der Waals surface area contributed by atoms with Crippen LogP contribution in [0, 0.1) is 12.8 Å². The minimum Gasteiger partial charge on any atom is -0.121 e. The first-order valence-electron chi connectivity index (χ1n) is 4.54. The third-order valence-corrected chi connectivity index (χ3v) is 4.71. The molecule has 0 saturated heterocycles. The fraction of sp³-hybridized carbons (Fsp3) is 0.455. The van der Waals surface area contributed by atoms with Crippen LogP contribution in [0.25, 0.3) is 0 Å². The molecule has 12 heavy (non-hydrogen) atoms. The summed E-state index contributed by atoms with van der Waals surface area (Å²) in [4.78, 5) is 1.54. The van der Waals surface area contributed by atoms with Crippen LogP contribution in [0.1, 0.15) is 24.0 Å². The summed E-state index contributed by atoms with van der Waals surface area (Å²) in [6.07, 6.45) is 0. The van der Waals surface area contributed by atoms with Gasteiger partial charge in [0, 0.05) is 16.1 Å². The molecule has 0 amide bonds. The second kappa shape index (κ2) is 2.08. The molecule has 1 fully saturated rings. The van der Waals surface area contributed by atoms with E-state index in [9.17, 15) is 0 Å². The average molecular weight is 176 g/mol. The Labute approximate surface area is 77.4 Å². The molecule has 0 N–H and O–H groups in total. The molecule has 1 heteroatoms. The lowest BCUT2D eigenvalue weighted by atomic mass is 10.1. The normalized spacial score (nSPS) is 36.0. The molecular weight excluding hydrogens is 164 g/mol. The molecule has 1 aliphatic carbocycles. The van der Waals surface area contributed by atoms with Gasteiger partial charge in [-0.05, 0) is 24.5 Å². The van der Waals surface area contributed by atoms with E-state index in [0.29, 0.717) is 0 Å². The zero-order valence-corrected chi connectivity index (χ0v) is 8.19. The lowest BCUT2D eigenvalue weighted by Gasteiger charge is -2.04. The van der Waals surface area contributed by atoms with Crippen LogP contribution < -0.4 is 0 Å². The van der Waals surface area contributed by atoms with E-state index < -0.39 is 0 Å².